The van der Waals surface area contributed by atoms with Crippen molar-refractivity contribution in [1.29, 1.82) is 0 Å². The average molecular weight is 478 g/mol. The first kappa shape index (κ1) is 23.2. The van der Waals surface area contributed by atoms with Crippen molar-refractivity contribution >= 4 is 29.0 Å². The van der Waals surface area contributed by atoms with Gasteiger partial charge < -0.3 is 19.5 Å². The number of thioether (sulfide) groups is 1. The number of ether oxygens (including phenoxy) is 3. The zero-order valence-corrected chi connectivity index (χ0v) is 19.7. The number of carbonyl (C=O) groups excluding carboxylic acids is 1. The van der Waals surface area contributed by atoms with E-state index < -0.39 is 0 Å². The van der Waals surface area contributed by atoms with Crippen LogP contribution in [0.2, 0.25) is 0 Å². The Labute approximate surface area is 200 Å². The molecular weight excluding hydrogens is 454 g/mol. The molecular formula is C25H23N3O5S. The summed E-state index contributed by atoms with van der Waals surface area (Å²) in [5.74, 6) is 1.34. The number of rotatable bonds is 8. The Morgan fingerprint density at radius 1 is 0.971 bits per heavy atom. The first-order chi connectivity index (χ1) is 16.5. The Hall–Kier alpha value is -3.98. The molecule has 0 spiro atoms. The molecule has 34 heavy (non-hydrogen) atoms. The van der Waals surface area contributed by atoms with E-state index >= 15 is 0 Å². The maximum Gasteiger partial charge on any atom is 0.258 e. The van der Waals surface area contributed by atoms with Crippen LogP contribution in [-0.4, -0.2) is 36.6 Å². The first-order valence-corrected chi connectivity index (χ1v) is 11.3. The van der Waals surface area contributed by atoms with Crippen LogP contribution in [0.3, 0.4) is 0 Å². The minimum Gasteiger partial charge on any atom is -0.493 e. The highest BCUT2D eigenvalue weighted by atomic mass is 32.2. The lowest BCUT2D eigenvalue weighted by molar-refractivity contribution is 0.102. The minimum atomic E-state index is -0.325. The normalized spacial score (nSPS) is 10.7. The molecule has 2 aromatic carbocycles. The van der Waals surface area contributed by atoms with Crippen LogP contribution in [0, 0.1) is 0 Å². The van der Waals surface area contributed by atoms with Crippen molar-refractivity contribution in [2.45, 2.75) is 10.6 Å². The van der Waals surface area contributed by atoms with Crippen molar-refractivity contribution in [2.75, 3.05) is 26.6 Å². The van der Waals surface area contributed by atoms with Crippen LogP contribution in [0.1, 0.15) is 16.1 Å². The minimum absolute atomic E-state index is 0.134. The summed E-state index contributed by atoms with van der Waals surface area (Å²) in [7, 11) is 4.50. The Morgan fingerprint density at radius 2 is 1.68 bits per heavy atom. The molecule has 1 amide bonds. The Balaban J connectivity index is 1.55. The predicted octanol–water partition coefficient (Wildman–Crippen LogP) is 4.26. The number of pyridine rings is 1. The van der Waals surface area contributed by atoms with Gasteiger partial charge in [0.2, 0.25) is 5.75 Å². The topological polar surface area (TPSA) is 91.2 Å². The second-order valence-corrected chi connectivity index (χ2v) is 8.18. The fraction of sp³-hybridized carbons (Fsp3) is 0.160. The van der Waals surface area contributed by atoms with E-state index in [0.717, 1.165) is 4.90 Å². The number of anilines is 1. The van der Waals surface area contributed by atoms with Gasteiger partial charge in [-0.25, -0.2) is 4.98 Å². The monoisotopic (exact) mass is 477 g/mol. The van der Waals surface area contributed by atoms with Crippen LogP contribution in [0.25, 0.3) is 5.65 Å². The van der Waals surface area contributed by atoms with Crippen LogP contribution in [-0.2, 0) is 5.75 Å². The zero-order chi connectivity index (χ0) is 24.1. The van der Waals surface area contributed by atoms with Crippen molar-refractivity contribution < 1.29 is 19.0 Å². The van der Waals surface area contributed by atoms with Crippen molar-refractivity contribution in [2.24, 2.45) is 0 Å². The second kappa shape index (κ2) is 10.3. The van der Waals surface area contributed by atoms with E-state index in [9.17, 15) is 9.59 Å². The van der Waals surface area contributed by atoms with Crippen LogP contribution < -0.4 is 25.1 Å². The molecule has 2 aromatic heterocycles. The number of fused-ring (bicyclic) bond motifs is 1. The quantitative estimate of drug-likeness (QED) is 0.379. The van der Waals surface area contributed by atoms with Gasteiger partial charge in [-0.15, -0.1) is 11.8 Å². The third kappa shape index (κ3) is 4.84. The van der Waals surface area contributed by atoms with E-state index in [2.05, 4.69) is 10.3 Å². The van der Waals surface area contributed by atoms with Gasteiger partial charge in [0.1, 0.15) is 5.65 Å². The summed E-state index contributed by atoms with van der Waals surface area (Å²) in [4.78, 5) is 30.8. The highest BCUT2D eigenvalue weighted by molar-refractivity contribution is 7.98. The summed E-state index contributed by atoms with van der Waals surface area (Å²) >= 11 is 1.48. The Kier molecular flexibility index (Phi) is 7.03. The molecule has 0 radical (unpaired) electrons. The number of hydrogen-bond acceptors (Lipinski definition) is 7. The molecule has 8 nitrogen and oxygen atoms in total. The molecule has 1 N–H and O–H groups in total. The molecule has 4 rings (SSSR count). The van der Waals surface area contributed by atoms with Crippen molar-refractivity contribution in [1.82, 2.24) is 9.38 Å². The van der Waals surface area contributed by atoms with Gasteiger partial charge in [-0.3, -0.25) is 14.0 Å². The zero-order valence-electron chi connectivity index (χ0n) is 18.9. The SMILES string of the molecule is COc1cc(C(=O)Nc2ccccc2SCc2cc(=O)n3ccccc3n2)cc(OC)c1OC. The van der Waals surface area contributed by atoms with Gasteiger partial charge in [0.15, 0.2) is 11.5 Å². The summed E-state index contributed by atoms with van der Waals surface area (Å²) in [5, 5.41) is 2.95. The lowest BCUT2D eigenvalue weighted by Crippen LogP contribution is -2.15. The molecule has 0 aliphatic carbocycles. The highest BCUT2D eigenvalue weighted by Crippen LogP contribution is 2.38. The fourth-order valence-electron chi connectivity index (χ4n) is 3.43. The number of carbonyl (C=O) groups is 1. The number of nitrogens with zero attached hydrogens (tertiary/aromatic N) is 2. The first-order valence-electron chi connectivity index (χ1n) is 10.3. The third-order valence-corrected chi connectivity index (χ3v) is 6.17. The second-order valence-electron chi connectivity index (χ2n) is 7.17. The van der Waals surface area contributed by atoms with E-state index in [4.69, 9.17) is 14.2 Å². The summed E-state index contributed by atoms with van der Waals surface area (Å²) in [6, 6.07) is 17.6. The number of nitrogens with one attached hydrogen (secondary N) is 1. The maximum atomic E-state index is 13.0. The molecule has 0 saturated carbocycles. The molecule has 174 valence electrons. The molecule has 0 unspecified atom stereocenters. The highest BCUT2D eigenvalue weighted by Gasteiger charge is 2.18. The number of benzene rings is 2. The van der Waals surface area contributed by atoms with E-state index in [1.807, 2.05) is 30.3 Å². The average Bonchev–Trinajstić information content (AvgIpc) is 2.87. The standard InChI is InChI=1S/C25H23N3O5S/c1-31-19-12-16(13-20(32-2)24(19)33-3)25(30)27-18-8-4-5-9-21(18)34-15-17-14-23(29)28-11-7-6-10-22(28)26-17/h4-14H,15H2,1-3H3,(H,27,30). The Bertz CT molecular complexity index is 1380. The number of hydrogen-bond donors (Lipinski definition) is 1. The lowest BCUT2D eigenvalue weighted by atomic mass is 10.1. The molecule has 2 heterocycles. The number of amides is 1. The van der Waals surface area contributed by atoms with Crippen LogP contribution in [0.5, 0.6) is 17.2 Å². The van der Waals surface area contributed by atoms with Gasteiger partial charge in [0.25, 0.3) is 11.5 Å². The molecule has 0 fully saturated rings. The van der Waals surface area contributed by atoms with Gasteiger partial charge in [0.05, 0.1) is 32.7 Å². The largest absolute Gasteiger partial charge is 0.493 e. The van der Waals surface area contributed by atoms with E-state index in [-0.39, 0.29) is 11.5 Å². The summed E-state index contributed by atoms with van der Waals surface area (Å²) in [6.45, 7) is 0. The number of methoxy groups -OCH3 is 3. The molecule has 0 aliphatic heterocycles. The van der Waals surface area contributed by atoms with Gasteiger partial charge in [0, 0.05) is 28.5 Å². The smallest absolute Gasteiger partial charge is 0.258 e. The molecule has 0 saturated heterocycles. The summed E-state index contributed by atoms with van der Waals surface area (Å²) in [6.07, 6.45) is 1.69. The van der Waals surface area contributed by atoms with Gasteiger partial charge in [-0.05, 0) is 36.4 Å². The van der Waals surface area contributed by atoms with Crippen molar-refractivity contribution in [3.05, 3.63) is 88.5 Å². The van der Waals surface area contributed by atoms with Crippen LogP contribution in [0.4, 0.5) is 5.69 Å². The third-order valence-electron chi connectivity index (χ3n) is 5.06. The maximum absolute atomic E-state index is 13.0. The van der Waals surface area contributed by atoms with Gasteiger partial charge in [-0.1, -0.05) is 18.2 Å². The van der Waals surface area contributed by atoms with Gasteiger partial charge >= 0.3 is 0 Å². The van der Waals surface area contributed by atoms with E-state index in [1.54, 1.807) is 30.5 Å². The number of para-hydroxylation sites is 1. The lowest BCUT2D eigenvalue weighted by Gasteiger charge is -2.15. The van der Waals surface area contributed by atoms with Crippen molar-refractivity contribution in [3.63, 3.8) is 0 Å². The molecule has 0 bridgehead atoms. The van der Waals surface area contributed by atoms with Crippen LogP contribution >= 0.6 is 11.8 Å². The summed E-state index contributed by atoms with van der Waals surface area (Å²) in [5.41, 5.74) is 2.12. The van der Waals surface area contributed by atoms with E-state index in [1.165, 1.54) is 43.6 Å². The fourth-order valence-corrected chi connectivity index (χ4v) is 4.33. The van der Waals surface area contributed by atoms with E-state index in [0.29, 0.717) is 45.6 Å². The van der Waals surface area contributed by atoms with Crippen LogP contribution in [0.15, 0.2) is 76.6 Å². The molecule has 9 heteroatoms. The predicted molar refractivity (Wildman–Crippen MR) is 132 cm³/mol. The molecule has 0 aliphatic rings. The number of aromatic nitrogens is 2. The summed E-state index contributed by atoms with van der Waals surface area (Å²) < 4.78 is 17.5. The van der Waals surface area contributed by atoms with Crippen molar-refractivity contribution in [3.8, 4) is 17.2 Å². The Morgan fingerprint density at radius 3 is 2.38 bits per heavy atom. The van der Waals surface area contributed by atoms with Gasteiger partial charge in [-0.2, -0.15) is 0 Å². The molecule has 0 atom stereocenters. The molecule has 4 aromatic rings.